The predicted molar refractivity (Wildman–Crippen MR) is 106 cm³/mol. The number of rotatable bonds is 3. The number of aromatic amines is 1. The van der Waals surface area contributed by atoms with Crippen LogP contribution in [-0.2, 0) is 0 Å². The van der Waals surface area contributed by atoms with E-state index in [0.717, 1.165) is 42.0 Å². The van der Waals surface area contributed by atoms with E-state index < -0.39 is 0 Å². The Morgan fingerprint density at radius 3 is 2.89 bits per heavy atom. The highest BCUT2D eigenvalue weighted by Gasteiger charge is 2.27. The van der Waals surface area contributed by atoms with Crippen LogP contribution in [-0.4, -0.2) is 39.1 Å². The smallest absolute Gasteiger partial charge is 0.257 e. The molecule has 1 N–H and O–H groups in total. The Labute approximate surface area is 163 Å². The summed E-state index contributed by atoms with van der Waals surface area (Å²) in [6.07, 6.45) is 3.61. The number of hydrogen-bond acceptors (Lipinski definition) is 3. The molecule has 5 nitrogen and oxygen atoms in total. The Bertz CT molecular complexity index is 968. The van der Waals surface area contributed by atoms with Gasteiger partial charge in [0.05, 0.1) is 17.5 Å². The van der Waals surface area contributed by atoms with Crippen LogP contribution in [0.4, 0.5) is 0 Å². The van der Waals surface area contributed by atoms with E-state index in [1.165, 1.54) is 0 Å². The maximum Gasteiger partial charge on any atom is 0.257 e. The largest absolute Gasteiger partial charge is 0.338 e. The molecular weight excluding hydrogens is 360 g/mol. The maximum absolute atomic E-state index is 12.8. The van der Waals surface area contributed by atoms with Crippen molar-refractivity contribution >= 4 is 17.5 Å². The molecule has 3 aromatic rings. The molecule has 27 heavy (non-hydrogen) atoms. The summed E-state index contributed by atoms with van der Waals surface area (Å²) in [6, 6.07) is 13.8. The molecule has 138 valence electrons. The first-order valence-corrected chi connectivity index (χ1v) is 9.52. The van der Waals surface area contributed by atoms with E-state index in [2.05, 4.69) is 16.3 Å². The van der Waals surface area contributed by atoms with E-state index in [0.29, 0.717) is 17.1 Å². The number of amides is 1. The fraction of sp³-hybridized carbons (Fsp3) is 0.286. The van der Waals surface area contributed by atoms with Crippen molar-refractivity contribution in [2.24, 2.45) is 0 Å². The fourth-order valence-corrected chi connectivity index (χ4v) is 3.82. The molecule has 6 heteroatoms. The molecule has 1 amide bonds. The second kappa shape index (κ2) is 7.53. The average Bonchev–Trinajstić information content (AvgIpc) is 3.13. The summed E-state index contributed by atoms with van der Waals surface area (Å²) in [4.78, 5) is 19.6. The van der Waals surface area contributed by atoms with Crippen LogP contribution in [0, 0.1) is 6.92 Å². The second-order valence-electron chi connectivity index (χ2n) is 6.96. The zero-order valence-corrected chi connectivity index (χ0v) is 15.9. The molecule has 1 saturated heterocycles. The molecule has 1 fully saturated rings. The molecule has 4 rings (SSSR count). The minimum Gasteiger partial charge on any atom is -0.338 e. The molecule has 1 aliphatic heterocycles. The van der Waals surface area contributed by atoms with Crippen molar-refractivity contribution in [2.75, 3.05) is 13.1 Å². The number of hydrogen-bond donors (Lipinski definition) is 1. The number of piperidine rings is 1. The van der Waals surface area contributed by atoms with E-state index in [-0.39, 0.29) is 11.8 Å². The lowest BCUT2D eigenvalue weighted by molar-refractivity contribution is 0.0705. The molecule has 1 atom stereocenters. The van der Waals surface area contributed by atoms with Crippen LogP contribution in [0.2, 0.25) is 5.02 Å². The third kappa shape index (κ3) is 3.74. The summed E-state index contributed by atoms with van der Waals surface area (Å²) in [7, 11) is 0. The summed E-state index contributed by atoms with van der Waals surface area (Å²) in [6.45, 7) is 3.32. The highest BCUT2D eigenvalue weighted by Crippen LogP contribution is 2.29. The number of nitrogens with zero attached hydrogens (tertiary/aromatic N) is 3. The standard InChI is InChI=1S/C21H21ClN4O/c1-14-18(12-23-25-14)21(27)26-10-4-6-16(13-26)20-9-3-8-19(24-20)15-5-2-7-17(22)11-15/h2-3,5,7-9,11-12,16H,4,6,10,13H2,1H3,(H,23,25)/t16-/m1/s1. The number of halogens is 1. The Morgan fingerprint density at radius 2 is 2.11 bits per heavy atom. The van der Waals surface area contributed by atoms with Crippen molar-refractivity contribution < 1.29 is 4.79 Å². The first-order chi connectivity index (χ1) is 13.1. The zero-order chi connectivity index (χ0) is 18.8. The molecule has 0 saturated carbocycles. The maximum atomic E-state index is 12.8. The molecule has 0 aliphatic carbocycles. The van der Waals surface area contributed by atoms with E-state index in [1.807, 2.05) is 48.2 Å². The molecule has 0 unspecified atom stereocenters. The lowest BCUT2D eigenvalue weighted by Gasteiger charge is -2.32. The van der Waals surface area contributed by atoms with Crippen molar-refractivity contribution in [3.8, 4) is 11.3 Å². The number of carbonyl (C=O) groups is 1. The molecule has 1 aliphatic rings. The van der Waals surface area contributed by atoms with Gasteiger partial charge in [-0.1, -0.05) is 29.8 Å². The van der Waals surface area contributed by atoms with E-state index in [1.54, 1.807) is 6.20 Å². The van der Waals surface area contributed by atoms with Crippen LogP contribution in [0.1, 0.15) is 40.5 Å². The van der Waals surface area contributed by atoms with Gasteiger partial charge in [-0.05, 0) is 44.0 Å². The highest BCUT2D eigenvalue weighted by molar-refractivity contribution is 6.30. The van der Waals surface area contributed by atoms with Gasteiger partial charge in [-0.2, -0.15) is 5.10 Å². The highest BCUT2D eigenvalue weighted by atomic mass is 35.5. The summed E-state index contributed by atoms with van der Waals surface area (Å²) >= 11 is 6.12. The number of benzene rings is 1. The molecule has 1 aromatic carbocycles. The van der Waals surface area contributed by atoms with Gasteiger partial charge in [0.2, 0.25) is 0 Å². The third-order valence-corrected chi connectivity index (χ3v) is 5.31. The fourth-order valence-electron chi connectivity index (χ4n) is 3.63. The van der Waals surface area contributed by atoms with Crippen LogP contribution in [0.25, 0.3) is 11.3 Å². The molecule has 0 bridgehead atoms. The predicted octanol–water partition coefficient (Wildman–Crippen LogP) is 4.45. The Morgan fingerprint density at radius 1 is 1.26 bits per heavy atom. The number of carbonyl (C=O) groups excluding carboxylic acids is 1. The van der Waals surface area contributed by atoms with E-state index in [9.17, 15) is 4.79 Å². The van der Waals surface area contributed by atoms with Gasteiger partial charge in [0.25, 0.3) is 5.91 Å². The minimum atomic E-state index is 0.0388. The molecule has 2 aromatic heterocycles. The van der Waals surface area contributed by atoms with Crippen molar-refractivity contribution in [1.29, 1.82) is 0 Å². The van der Waals surface area contributed by atoms with Crippen LogP contribution in [0.5, 0.6) is 0 Å². The van der Waals surface area contributed by atoms with Crippen molar-refractivity contribution in [3.05, 3.63) is 70.6 Å². The normalized spacial score (nSPS) is 17.1. The van der Waals surface area contributed by atoms with E-state index in [4.69, 9.17) is 16.6 Å². The van der Waals surface area contributed by atoms with Gasteiger partial charge in [0, 0.05) is 41.0 Å². The van der Waals surface area contributed by atoms with Crippen molar-refractivity contribution in [3.63, 3.8) is 0 Å². The molecule has 3 heterocycles. The summed E-state index contributed by atoms with van der Waals surface area (Å²) in [5, 5.41) is 7.51. The first-order valence-electron chi connectivity index (χ1n) is 9.14. The first kappa shape index (κ1) is 17.7. The topological polar surface area (TPSA) is 61.9 Å². The van der Waals surface area contributed by atoms with Crippen molar-refractivity contribution in [1.82, 2.24) is 20.1 Å². The zero-order valence-electron chi connectivity index (χ0n) is 15.2. The van der Waals surface area contributed by atoms with Crippen molar-refractivity contribution in [2.45, 2.75) is 25.7 Å². The molecular formula is C21H21ClN4O. The van der Waals surface area contributed by atoms with Gasteiger partial charge in [-0.15, -0.1) is 0 Å². The third-order valence-electron chi connectivity index (χ3n) is 5.08. The lowest BCUT2D eigenvalue weighted by Crippen LogP contribution is -2.39. The van der Waals surface area contributed by atoms with Gasteiger partial charge in [-0.25, -0.2) is 0 Å². The second-order valence-corrected chi connectivity index (χ2v) is 7.39. The van der Waals surface area contributed by atoms with Gasteiger partial charge in [0.15, 0.2) is 0 Å². The summed E-state index contributed by atoms with van der Waals surface area (Å²) in [5.41, 5.74) is 4.39. The quantitative estimate of drug-likeness (QED) is 0.730. The number of aryl methyl sites for hydroxylation is 1. The van der Waals surface area contributed by atoms with Crippen LogP contribution < -0.4 is 0 Å². The van der Waals surface area contributed by atoms with Crippen LogP contribution >= 0.6 is 11.6 Å². The monoisotopic (exact) mass is 380 g/mol. The average molecular weight is 381 g/mol. The number of pyridine rings is 1. The van der Waals surface area contributed by atoms with Gasteiger partial charge in [0.1, 0.15) is 0 Å². The number of aromatic nitrogens is 3. The SMILES string of the molecule is Cc1[nH]ncc1C(=O)N1CCC[C@@H](c2cccc(-c3cccc(Cl)c3)n2)C1. The lowest BCUT2D eigenvalue weighted by atomic mass is 9.93. The number of H-pyrrole nitrogens is 1. The molecule has 0 radical (unpaired) electrons. The summed E-state index contributed by atoms with van der Waals surface area (Å²) in [5.74, 6) is 0.269. The Kier molecular flexibility index (Phi) is 4.94. The van der Waals surface area contributed by atoms with Gasteiger partial charge >= 0.3 is 0 Å². The van der Waals surface area contributed by atoms with E-state index >= 15 is 0 Å². The van der Waals surface area contributed by atoms with Crippen LogP contribution in [0.3, 0.4) is 0 Å². The number of likely N-dealkylation sites (tertiary alicyclic amines) is 1. The van der Waals surface area contributed by atoms with Gasteiger partial charge in [-0.3, -0.25) is 14.9 Å². The number of nitrogens with one attached hydrogen (secondary N) is 1. The minimum absolute atomic E-state index is 0.0388. The Balaban J connectivity index is 1.56. The Hall–Kier alpha value is -2.66. The molecule has 0 spiro atoms. The van der Waals surface area contributed by atoms with Crippen LogP contribution in [0.15, 0.2) is 48.7 Å². The summed E-state index contributed by atoms with van der Waals surface area (Å²) < 4.78 is 0. The van der Waals surface area contributed by atoms with Gasteiger partial charge < -0.3 is 4.90 Å².